The second-order valence-corrected chi connectivity index (χ2v) is 6.33. The fourth-order valence-corrected chi connectivity index (χ4v) is 2.85. The number of amides is 1. The van der Waals surface area contributed by atoms with Gasteiger partial charge in [0.2, 0.25) is 5.91 Å². The molecule has 0 bridgehead atoms. The van der Waals surface area contributed by atoms with Crippen molar-refractivity contribution in [3.05, 3.63) is 4.91 Å². The van der Waals surface area contributed by atoms with Crippen molar-refractivity contribution in [1.82, 2.24) is 10.3 Å². The van der Waals surface area contributed by atoms with Gasteiger partial charge >= 0.3 is 11.0 Å². The van der Waals surface area contributed by atoms with Crippen molar-refractivity contribution in [3.8, 4) is 0 Å². The molecule has 0 aromatic rings. The standard InChI is InChI=1S/C15H29N6O5.ClH/c1-3-26-14(23)12-9-10(2)6-8-20(12)13(22)11(16)5-4-7-18-15(17)19-21(24)25;/h10-12H,3-9,16H2,1-2H3,(H,24,25)(H3,17,18,19);1H/q+1;/t10-,11+,12-;/m1./s1. The molecule has 1 rings (SSSR count). The Morgan fingerprint density at radius 3 is 2.74 bits per heavy atom. The Morgan fingerprint density at radius 2 is 2.15 bits per heavy atom. The van der Waals surface area contributed by atoms with E-state index in [9.17, 15) is 14.5 Å². The van der Waals surface area contributed by atoms with Crippen LogP contribution in [0.1, 0.15) is 39.5 Å². The molecule has 0 saturated carbocycles. The van der Waals surface area contributed by atoms with Crippen LogP contribution in [0.15, 0.2) is 4.99 Å². The first-order valence-electron chi connectivity index (χ1n) is 8.71. The molecule has 1 amide bonds. The normalized spacial score (nSPS) is 21.0. The number of ether oxygens (including phenoxy) is 1. The molecule has 11 nitrogen and oxygen atoms in total. The number of rotatable bonds is 8. The monoisotopic (exact) mass is 409 g/mol. The molecule has 1 aliphatic heterocycles. The van der Waals surface area contributed by atoms with E-state index in [0.29, 0.717) is 31.7 Å². The number of guanidine groups is 1. The van der Waals surface area contributed by atoms with Crippen LogP contribution in [0, 0.1) is 10.8 Å². The molecule has 0 aromatic heterocycles. The number of hydrogen-bond donors (Lipinski definition) is 4. The Balaban J connectivity index is 0.00000676. The van der Waals surface area contributed by atoms with Gasteiger partial charge in [0.15, 0.2) is 0 Å². The van der Waals surface area contributed by atoms with E-state index in [1.165, 1.54) is 4.90 Å². The summed E-state index contributed by atoms with van der Waals surface area (Å²) >= 11 is 0. The maximum absolute atomic E-state index is 12.6. The largest absolute Gasteiger partial charge is 0.464 e. The molecule has 1 saturated heterocycles. The molecule has 156 valence electrons. The minimum Gasteiger partial charge on any atom is -0.464 e. The first-order valence-corrected chi connectivity index (χ1v) is 8.71. The van der Waals surface area contributed by atoms with Gasteiger partial charge in [-0.25, -0.2) is 15.0 Å². The maximum atomic E-state index is 12.6. The number of piperidine rings is 1. The van der Waals surface area contributed by atoms with E-state index in [-0.39, 0.29) is 37.4 Å². The van der Waals surface area contributed by atoms with E-state index in [1.54, 1.807) is 6.92 Å². The highest BCUT2D eigenvalue weighted by atomic mass is 35.5. The van der Waals surface area contributed by atoms with Gasteiger partial charge < -0.3 is 21.1 Å². The summed E-state index contributed by atoms with van der Waals surface area (Å²) in [5.74, 6) is -0.586. The highest BCUT2D eigenvalue weighted by molar-refractivity contribution is 5.87. The molecular weight excluding hydrogens is 380 g/mol. The molecule has 1 heterocycles. The summed E-state index contributed by atoms with van der Waals surface area (Å²) in [6.45, 7) is 4.74. The van der Waals surface area contributed by atoms with E-state index in [2.05, 4.69) is 4.99 Å². The van der Waals surface area contributed by atoms with E-state index in [4.69, 9.17) is 21.4 Å². The third-order valence-electron chi connectivity index (χ3n) is 4.19. The number of aliphatic imine (C=N–C) groups is 1. The van der Waals surface area contributed by atoms with Crippen LogP contribution in [0.5, 0.6) is 0 Å². The first kappa shape index (κ1) is 24.9. The smallest absolute Gasteiger partial charge is 0.362 e. The van der Waals surface area contributed by atoms with Crippen molar-refractivity contribution in [1.29, 1.82) is 0 Å². The fraction of sp³-hybridized carbons (Fsp3) is 0.800. The number of carbonyl (C=O) groups is 2. The van der Waals surface area contributed by atoms with Crippen LogP contribution in [0.2, 0.25) is 0 Å². The van der Waals surface area contributed by atoms with Gasteiger partial charge in [0.25, 0.3) is 5.96 Å². The minimum absolute atomic E-state index is 0. The van der Waals surface area contributed by atoms with E-state index < -0.39 is 23.1 Å². The highest BCUT2D eigenvalue weighted by Crippen LogP contribution is 2.24. The lowest BCUT2D eigenvalue weighted by Gasteiger charge is -2.38. The number of esters is 1. The van der Waals surface area contributed by atoms with Gasteiger partial charge in [0, 0.05) is 13.1 Å². The van der Waals surface area contributed by atoms with Crippen LogP contribution in [0.3, 0.4) is 0 Å². The molecule has 3 atom stereocenters. The summed E-state index contributed by atoms with van der Waals surface area (Å²) in [4.78, 5) is 40.4. The molecule has 0 aliphatic carbocycles. The van der Waals surface area contributed by atoms with Gasteiger partial charge in [0.1, 0.15) is 10.9 Å². The van der Waals surface area contributed by atoms with Crippen LogP contribution in [-0.4, -0.2) is 64.8 Å². The Labute approximate surface area is 164 Å². The second-order valence-electron chi connectivity index (χ2n) is 6.33. The topological polar surface area (TPSA) is 163 Å². The summed E-state index contributed by atoms with van der Waals surface area (Å²) in [6.07, 6.45) is 2.18. The second kappa shape index (κ2) is 12.3. The average molecular weight is 410 g/mol. The zero-order valence-corrected chi connectivity index (χ0v) is 16.5. The lowest BCUT2D eigenvalue weighted by molar-refractivity contribution is -0.822. The molecule has 6 N–H and O–H groups in total. The zero-order valence-electron chi connectivity index (χ0n) is 15.7. The van der Waals surface area contributed by atoms with Crippen molar-refractivity contribution in [3.63, 3.8) is 0 Å². The summed E-state index contributed by atoms with van der Waals surface area (Å²) in [5, 5.41) is 7.85. The number of nitrogens with zero attached hydrogens (tertiary/aromatic N) is 3. The maximum Gasteiger partial charge on any atom is 0.362 e. The van der Waals surface area contributed by atoms with Gasteiger partial charge in [-0.2, -0.15) is 0 Å². The van der Waals surface area contributed by atoms with Crippen LogP contribution in [0.4, 0.5) is 0 Å². The molecular formula is C15H30ClN6O5+. The zero-order chi connectivity index (χ0) is 19.7. The average Bonchev–Trinajstić information content (AvgIpc) is 2.57. The van der Waals surface area contributed by atoms with Crippen LogP contribution in [-0.2, 0) is 14.3 Å². The summed E-state index contributed by atoms with van der Waals surface area (Å²) < 4.78 is 5.08. The molecule has 1 aliphatic rings. The van der Waals surface area contributed by atoms with Crippen LogP contribution >= 0.6 is 12.4 Å². The summed E-state index contributed by atoms with van der Waals surface area (Å²) in [7, 11) is 0. The van der Waals surface area contributed by atoms with Gasteiger partial charge in [-0.15, -0.1) is 12.4 Å². The number of hydrazine groups is 1. The van der Waals surface area contributed by atoms with E-state index in [0.717, 1.165) is 6.42 Å². The van der Waals surface area contributed by atoms with Crippen molar-refractivity contribution < 1.29 is 24.6 Å². The van der Waals surface area contributed by atoms with Crippen molar-refractivity contribution in [2.45, 2.75) is 51.6 Å². The van der Waals surface area contributed by atoms with Crippen LogP contribution in [0.25, 0.3) is 0 Å². The SMILES string of the molecule is CCOC(=O)[C@H]1C[C@H](C)CCN1C(=O)[C@@H](N)CCCN=C(N)N[N+](=O)O.Cl. The number of likely N-dealkylation sites (tertiary alicyclic amines) is 1. The van der Waals surface area contributed by atoms with Crippen molar-refractivity contribution >= 4 is 30.2 Å². The van der Waals surface area contributed by atoms with Gasteiger partial charge in [-0.05, 0) is 44.0 Å². The first-order chi connectivity index (χ1) is 12.3. The fourth-order valence-electron chi connectivity index (χ4n) is 2.85. The predicted octanol–water partition coefficient (Wildman–Crippen LogP) is -0.307. The number of carbonyl (C=O) groups excluding carboxylic acids is 2. The van der Waals surface area contributed by atoms with Crippen LogP contribution < -0.4 is 16.9 Å². The summed E-state index contributed by atoms with van der Waals surface area (Å²) in [5.41, 5.74) is 13.2. The predicted molar refractivity (Wildman–Crippen MR) is 100 cm³/mol. The van der Waals surface area contributed by atoms with Crippen molar-refractivity contribution in [2.75, 3.05) is 19.7 Å². The van der Waals surface area contributed by atoms with E-state index >= 15 is 0 Å². The third kappa shape index (κ3) is 8.39. The lowest BCUT2D eigenvalue weighted by atomic mass is 9.91. The van der Waals surface area contributed by atoms with Gasteiger partial charge in [-0.1, -0.05) is 6.92 Å². The Morgan fingerprint density at radius 1 is 1.48 bits per heavy atom. The molecule has 0 radical (unpaired) electrons. The molecule has 27 heavy (non-hydrogen) atoms. The Bertz CT molecular complexity index is 547. The highest BCUT2D eigenvalue weighted by Gasteiger charge is 2.37. The minimum atomic E-state index is -0.765. The van der Waals surface area contributed by atoms with E-state index in [1.807, 2.05) is 12.3 Å². The number of halogens is 1. The molecule has 12 heteroatoms. The van der Waals surface area contributed by atoms with Gasteiger partial charge in [-0.3, -0.25) is 4.79 Å². The molecule has 0 unspecified atom stereocenters. The summed E-state index contributed by atoms with van der Waals surface area (Å²) in [6, 6.07) is -1.36. The van der Waals surface area contributed by atoms with Gasteiger partial charge in [0.05, 0.1) is 12.6 Å². The number of nitrogens with one attached hydrogen (secondary N) is 1. The number of nitrogens with two attached hydrogens (primary N) is 2. The number of hydrogen-bond acceptors (Lipinski definition) is 6. The lowest BCUT2D eigenvalue weighted by Crippen LogP contribution is -2.55. The Kier molecular flexibility index (Phi) is 11.3. The Hall–Kier alpha value is -2.14. The molecule has 1 fully saturated rings. The quantitative estimate of drug-likeness (QED) is 0.139. The molecule has 0 aromatic carbocycles. The van der Waals surface area contributed by atoms with Crippen molar-refractivity contribution in [2.24, 2.45) is 22.4 Å². The third-order valence-corrected chi connectivity index (χ3v) is 4.19. The molecule has 0 spiro atoms.